The van der Waals surface area contributed by atoms with Crippen LogP contribution in [0, 0.1) is 0 Å². The summed E-state index contributed by atoms with van der Waals surface area (Å²) in [6, 6.07) is -1.07. The number of carboxylic acids is 2. The molecule has 7 heteroatoms. The highest BCUT2D eigenvalue weighted by molar-refractivity contribution is 7.99. The lowest BCUT2D eigenvalue weighted by atomic mass is 10.1. The van der Waals surface area contributed by atoms with Gasteiger partial charge in [-0.1, -0.05) is 34.9 Å². The number of aliphatic carboxylic acids is 2. The number of hydrogen-bond acceptors (Lipinski definition) is 4. The molecule has 0 rings (SSSR count). The zero-order chi connectivity index (χ0) is 23.1. The van der Waals surface area contributed by atoms with Gasteiger partial charge in [-0.05, 0) is 60.3 Å². The van der Waals surface area contributed by atoms with Gasteiger partial charge in [0.25, 0.3) is 0 Å². The van der Waals surface area contributed by atoms with E-state index in [0.29, 0.717) is 5.75 Å². The van der Waals surface area contributed by atoms with Crippen molar-refractivity contribution in [3.63, 3.8) is 0 Å². The van der Waals surface area contributed by atoms with Crippen molar-refractivity contribution in [3.05, 3.63) is 46.6 Å². The number of carboxylic acid groups (broad SMARTS) is 2. The Morgan fingerprint density at radius 3 is 2.00 bits per heavy atom. The quantitative estimate of drug-likeness (QED) is 0.206. The predicted molar refractivity (Wildman–Crippen MR) is 124 cm³/mol. The van der Waals surface area contributed by atoms with E-state index in [0.717, 1.165) is 31.8 Å². The van der Waals surface area contributed by atoms with Crippen LogP contribution in [0.4, 0.5) is 0 Å². The molecule has 0 aliphatic heterocycles. The number of amides is 1. The normalized spacial score (nSPS) is 13.6. The smallest absolute Gasteiger partial charge is 0.331 e. The first-order valence-corrected chi connectivity index (χ1v) is 11.2. The zero-order valence-corrected chi connectivity index (χ0v) is 19.5. The lowest BCUT2D eigenvalue weighted by molar-refractivity contribution is -0.140. The van der Waals surface area contributed by atoms with Gasteiger partial charge < -0.3 is 15.5 Å². The molecule has 1 amide bonds. The van der Waals surface area contributed by atoms with Gasteiger partial charge in [0, 0.05) is 23.2 Å². The van der Waals surface area contributed by atoms with E-state index in [1.165, 1.54) is 35.4 Å². The van der Waals surface area contributed by atoms with Gasteiger partial charge in [-0.25, -0.2) is 9.59 Å². The van der Waals surface area contributed by atoms with E-state index in [-0.39, 0.29) is 11.3 Å². The first-order valence-electron chi connectivity index (χ1n) is 10.00. The summed E-state index contributed by atoms with van der Waals surface area (Å²) < 4.78 is 0. The molecule has 0 heterocycles. The van der Waals surface area contributed by atoms with Gasteiger partial charge in [-0.15, -0.1) is 0 Å². The maximum absolute atomic E-state index is 11.7. The fourth-order valence-corrected chi connectivity index (χ4v) is 3.37. The lowest BCUT2D eigenvalue weighted by Gasteiger charge is -2.12. The van der Waals surface area contributed by atoms with Gasteiger partial charge in [0.15, 0.2) is 0 Å². The molecule has 0 saturated carbocycles. The fraction of sp³-hybridized carbons (Fsp3) is 0.522. The standard InChI is InChI=1S/C23H35NO5S/c1-16(2)8-6-9-17(3)10-7-11-18(4)12-13-30-15-20(23(28)29)24-21(25)14-19(5)22(26)27/h8,10,12,14,20H,6-7,9,11,13,15H2,1-5H3,(H,24,25)(H,26,27)(H,28,29). The highest BCUT2D eigenvalue weighted by Gasteiger charge is 2.19. The Labute approximate surface area is 184 Å². The van der Waals surface area contributed by atoms with Crippen molar-refractivity contribution in [1.82, 2.24) is 5.32 Å². The SMILES string of the molecule is CC(C)=CCCC(C)=CCCC(C)=CCSCC(NC(=O)C=C(C)C(=O)O)C(=O)O. The molecule has 0 aromatic heterocycles. The van der Waals surface area contributed by atoms with Crippen molar-refractivity contribution in [1.29, 1.82) is 0 Å². The molecule has 30 heavy (non-hydrogen) atoms. The van der Waals surface area contributed by atoms with Crippen molar-refractivity contribution >= 4 is 29.6 Å². The predicted octanol–water partition coefficient (Wildman–Crippen LogP) is 4.74. The van der Waals surface area contributed by atoms with Crippen LogP contribution in [0.2, 0.25) is 0 Å². The van der Waals surface area contributed by atoms with Crippen LogP contribution >= 0.6 is 11.8 Å². The van der Waals surface area contributed by atoms with Gasteiger partial charge in [-0.2, -0.15) is 11.8 Å². The fourth-order valence-electron chi connectivity index (χ4n) is 2.37. The van der Waals surface area contributed by atoms with Crippen molar-refractivity contribution in [2.75, 3.05) is 11.5 Å². The van der Waals surface area contributed by atoms with E-state index in [9.17, 15) is 19.5 Å². The second-order valence-electron chi connectivity index (χ2n) is 7.53. The summed E-state index contributed by atoms with van der Waals surface area (Å²) in [6.45, 7) is 9.70. The highest BCUT2D eigenvalue weighted by Crippen LogP contribution is 2.13. The van der Waals surface area contributed by atoms with E-state index in [4.69, 9.17) is 5.11 Å². The number of carbonyl (C=O) groups is 3. The third kappa shape index (κ3) is 14.7. The number of hydrogen-bond donors (Lipinski definition) is 3. The summed E-state index contributed by atoms with van der Waals surface area (Å²) in [4.78, 5) is 33.8. The maximum Gasteiger partial charge on any atom is 0.331 e. The molecule has 0 bridgehead atoms. The van der Waals surface area contributed by atoms with E-state index < -0.39 is 23.9 Å². The molecule has 6 nitrogen and oxygen atoms in total. The molecule has 0 fully saturated rings. The molecule has 0 aliphatic rings. The summed E-state index contributed by atoms with van der Waals surface area (Å²) in [5.41, 5.74) is 3.83. The third-order valence-corrected chi connectivity index (χ3v) is 5.23. The molecular weight excluding hydrogens is 402 g/mol. The molecule has 0 aliphatic carbocycles. The third-order valence-electron chi connectivity index (χ3n) is 4.26. The molecule has 1 atom stereocenters. The summed E-state index contributed by atoms with van der Waals surface area (Å²) >= 11 is 1.41. The average molecular weight is 438 g/mol. The van der Waals surface area contributed by atoms with Crippen LogP contribution in [-0.2, 0) is 14.4 Å². The molecular formula is C23H35NO5S. The molecule has 0 saturated heterocycles. The zero-order valence-electron chi connectivity index (χ0n) is 18.7. The Bertz CT molecular complexity index is 715. The highest BCUT2D eigenvalue weighted by atomic mass is 32.2. The summed E-state index contributed by atoms with van der Waals surface area (Å²) in [5.74, 6) is -2.23. The first-order chi connectivity index (χ1) is 14.0. The molecule has 0 spiro atoms. The van der Waals surface area contributed by atoms with E-state index in [2.05, 4.69) is 51.2 Å². The van der Waals surface area contributed by atoms with E-state index >= 15 is 0 Å². The first kappa shape index (κ1) is 27.7. The van der Waals surface area contributed by atoms with Crippen LogP contribution in [0.5, 0.6) is 0 Å². The molecule has 0 aromatic rings. The minimum absolute atomic E-state index is 0.149. The molecule has 0 aromatic carbocycles. The molecule has 0 radical (unpaired) electrons. The van der Waals surface area contributed by atoms with Crippen LogP contribution in [-0.4, -0.2) is 45.6 Å². The second-order valence-corrected chi connectivity index (χ2v) is 8.60. The largest absolute Gasteiger partial charge is 0.480 e. The van der Waals surface area contributed by atoms with Gasteiger partial charge >= 0.3 is 11.9 Å². The van der Waals surface area contributed by atoms with Crippen LogP contribution < -0.4 is 5.32 Å². The second kappa shape index (κ2) is 15.5. The summed E-state index contributed by atoms with van der Waals surface area (Å²) in [7, 11) is 0. The van der Waals surface area contributed by atoms with Crippen LogP contribution in [0.1, 0.15) is 60.3 Å². The Hall–Kier alpha value is -2.28. The van der Waals surface area contributed by atoms with E-state index in [1.54, 1.807) is 0 Å². The van der Waals surface area contributed by atoms with Gasteiger partial charge in [0.05, 0.1) is 0 Å². The van der Waals surface area contributed by atoms with Crippen molar-refractivity contribution < 1.29 is 24.6 Å². The number of nitrogens with one attached hydrogen (secondary N) is 1. The average Bonchev–Trinajstić information content (AvgIpc) is 2.63. The number of allylic oxidation sites excluding steroid dienone is 5. The van der Waals surface area contributed by atoms with Gasteiger partial charge in [0.1, 0.15) is 6.04 Å². The molecule has 1 unspecified atom stereocenters. The van der Waals surface area contributed by atoms with Crippen LogP contribution in [0.3, 0.4) is 0 Å². The topological polar surface area (TPSA) is 104 Å². The summed E-state index contributed by atoms with van der Waals surface area (Å²) in [6.07, 6.45) is 11.6. The van der Waals surface area contributed by atoms with Gasteiger partial charge in [0.2, 0.25) is 5.91 Å². The van der Waals surface area contributed by atoms with Crippen molar-refractivity contribution in [2.45, 2.75) is 66.3 Å². The number of carbonyl (C=O) groups excluding carboxylic acids is 1. The minimum Gasteiger partial charge on any atom is -0.480 e. The Morgan fingerprint density at radius 1 is 0.900 bits per heavy atom. The maximum atomic E-state index is 11.7. The Kier molecular flexibility index (Phi) is 14.4. The Balaban J connectivity index is 4.36. The van der Waals surface area contributed by atoms with Crippen LogP contribution in [0.25, 0.3) is 0 Å². The van der Waals surface area contributed by atoms with Gasteiger partial charge in [-0.3, -0.25) is 4.79 Å². The number of rotatable bonds is 14. The van der Waals surface area contributed by atoms with Crippen LogP contribution in [0.15, 0.2) is 46.6 Å². The van der Waals surface area contributed by atoms with E-state index in [1.807, 2.05) is 0 Å². The minimum atomic E-state index is -1.22. The molecule has 168 valence electrons. The van der Waals surface area contributed by atoms with Crippen molar-refractivity contribution in [2.24, 2.45) is 0 Å². The Morgan fingerprint density at radius 2 is 1.47 bits per heavy atom. The monoisotopic (exact) mass is 437 g/mol. The van der Waals surface area contributed by atoms with Crippen molar-refractivity contribution in [3.8, 4) is 0 Å². The molecule has 3 N–H and O–H groups in total. The lowest BCUT2D eigenvalue weighted by Crippen LogP contribution is -2.42. The summed E-state index contributed by atoms with van der Waals surface area (Å²) in [5, 5.41) is 20.3. The number of thioether (sulfide) groups is 1.